The summed E-state index contributed by atoms with van der Waals surface area (Å²) in [5, 5.41) is 17.5. The summed E-state index contributed by atoms with van der Waals surface area (Å²) < 4.78 is 1.84. The van der Waals surface area contributed by atoms with Gasteiger partial charge in [0.05, 0.1) is 18.0 Å². The summed E-state index contributed by atoms with van der Waals surface area (Å²) in [6.07, 6.45) is 1.88. The van der Waals surface area contributed by atoms with E-state index in [1.165, 1.54) is 11.1 Å². The summed E-state index contributed by atoms with van der Waals surface area (Å²) in [7, 11) is 0. The Labute approximate surface area is 107 Å². The lowest BCUT2D eigenvalue weighted by atomic mass is 10.1. The molecule has 0 saturated carbocycles. The van der Waals surface area contributed by atoms with Gasteiger partial charge in [-0.05, 0) is 43.5 Å². The van der Waals surface area contributed by atoms with Crippen LogP contribution in [0.5, 0.6) is 0 Å². The molecule has 0 atom stereocenters. The van der Waals surface area contributed by atoms with E-state index in [0.29, 0.717) is 5.69 Å². The Balaban J connectivity index is 2.52. The van der Waals surface area contributed by atoms with Gasteiger partial charge in [-0.25, -0.2) is 4.68 Å². The van der Waals surface area contributed by atoms with Crippen molar-refractivity contribution in [2.24, 2.45) is 0 Å². The second-order valence-electron chi connectivity index (χ2n) is 4.65. The first-order valence-electron chi connectivity index (χ1n) is 6.28. The van der Waals surface area contributed by atoms with Crippen LogP contribution >= 0.6 is 0 Å². The maximum absolute atomic E-state index is 9.30. The molecule has 0 aliphatic rings. The standard InChI is InChI=1S/C14H19N3O/c1-4-5-14-13(9-18)15-16-17(14)12-7-10(2)6-11(3)8-12/h6-8,18H,4-5,9H2,1-3H3. The summed E-state index contributed by atoms with van der Waals surface area (Å²) in [5.41, 5.74) is 5.10. The molecule has 0 aliphatic carbocycles. The molecule has 96 valence electrons. The zero-order valence-corrected chi connectivity index (χ0v) is 11.1. The van der Waals surface area contributed by atoms with Crippen molar-refractivity contribution in [1.29, 1.82) is 0 Å². The van der Waals surface area contributed by atoms with Crippen LogP contribution in [-0.4, -0.2) is 20.1 Å². The van der Waals surface area contributed by atoms with Crippen molar-refractivity contribution in [2.45, 2.75) is 40.2 Å². The minimum atomic E-state index is -0.0554. The molecule has 0 amide bonds. The first-order chi connectivity index (χ1) is 8.65. The van der Waals surface area contributed by atoms with Crippen LogP contribution in [0.1, 0.15) is 35.9 Å². The molecule has 0 bridgehead atoms. The third-order valence-corrected chi connectivity index (χ3v) is 2.93. The summed E-state index contributed by atoms with van der Waals surface area (Å²) in [4.78, 5) is 0. The third-order valence-electron chi connectivity index (χ3n) is 2.93. The van der Waals surface area contributed by atoms with Crippen LogP contribution in [-0.2, 0) is 13.0 Å². The van der Waals surface area contributed by atoms with Gasteiger partial charge in [0.25, 0.3) is 0 Å². The molecule has 0 radical (unpaired) electrons. The molecule has 0 saturated heterocycles. The Morgan fingerprint density at radius 3 is 2.39 bits per heavy atom. The van der Waals surface area contributed by atoms with Crippen molar-refractivity contribution < 1.29 is 5.11 Å². The average molecular weight is 245 g/mol. The highest BCUT2D eigenvalue weighted by Gasteiger charge is 2.13. The number of aliphatic hydroxyl groups is 1. The molecule has 4 heteroatoms. The zero-order chi connectivity index (χ0) is 13.1. The number of aromatic nitrogens is 3. The monoisotopic (exact) mass is 245 g/mol. The van der Waals surface area contributed by atoms with Crippen LogP contribution in [0, 0.1) is 13.8 Å². The summed E-state index contributed by atoms with van der Waals surface area (Å²) >= 11 is 0. The van der Waals surface area contributed by atoms with Gasteiger partial charge in [0, 0.05) is 0 Å². The average Bonchev–Trinajstić information content (AvgIpc) is 2.71. The smallest absolute Gasteiger partial charge is 0.112 e. The van der Waals surface area contributed by atoms with Gasteiger partial charge in [0.1, 0.15) is 5.69 Å². The molecule has 1 aromatic heterocycles. The van der Waals surface area contributed by atoms with Crippen LogP contribution in [0.2, 0.25) is 0 Å². The van der Waals surface area contributed by atoms with E-state index in [2.05, 4.69) is 49.3 Å². The van der Waals surface area contributed by atoms with Crippen LogP contribution in [0.3, 0.4) is 0 Å². The molecular weight excluding hydrogens is 226 g/mol. The van der Waals surface area contributed by atoms with Gasteiger partial charge in [0.15, 0.2) is 0 Å². The quantitative estimate of drug-likeness (QED) is 0.899. The predicted molar refractivity (Wildman–Crippen MR) is 70.8 cm³/mol. The van der Waals surface area contributed by atoms with Crippen LogP contribution in [0.15, 0.2) is 18.2 Å². The number of benzene rings is 1. The maximum Gasteiger partial charge on any atom is 0.112 e. The van der Waals surface area contributed by atoms with E-state index in [-0.39, 0.29) is 6.61 Å². The Morgan fingerprint density at radius 2 is 1.83 bits per heavy atom. The van der Waals surface area contributed by atoms with Gasteiger partial charge in [-0.2, -0.15) is 0 Å². The lowest BCUT2D eigenvalue weighted by Crippen LogP contribution is -2.04. The first-order valence-corrected chi connectivity index (χ1v) is 6.28. The van der Waals surface area contributed by atoms with Crippen molar-refractivity contribution in [3.63, 3.8) is 0 Å². The van der Waals surface area contributed by atoms with Gasteiger partial charge in [0.2, 0.25) is 0 Å². The number of hydrogen-bond acceptors (Lipinski definition) is 3. The van der Waals surface area contributed by atoms with E-state index in [9.17, 15) is 5.11 Å². The number of nitrogens with zero attached hydrogens (tertiary/aromatic N) is 3. The molecule has 1 N–H and O–H groups in total. The van der Waals surface area contributed by atoms with E-state index >= 15 is 0 Å². The fourth-order valence-corrected chi connectivity index (χ4v) is 2.22. The van der Waals surface area contributed by atoms with Crippen molar-refractivity contribution >= 4 is 0 Å². The Morgan fingerprint density at radius 1 is 1.17 bits per heavy atom. The number of aryl methyl sites for hydroxylation is 2. The molecule has 2 rings (SSSR count). The summed E-state index contributed by atoms with van der Waals surface area (Å²) in [6.45, 7) is 6.19. The highest BCUT2D eigenvalue weighted by molar-refractivity contribution is 5.40. The van der Waals surface area contributed by atoms with Crippen LogP contribution in [0.4, 0.5) is 0 Å². The lowest BCUT2D eigenvalue weighted by Gasteiger charge is -2.08. The van der Waals surface area contributed by atoms with Crippen molar-refractivity contribution in [3.8, 4) is 5.69 Å². The summed E-state index contributed by atoms with van der Waals surface area (Å²) in [5.74, 6) is 0. The molecule has 0 unspecified atom stereocenters. The van der Waals surface area contributed by atoms with Gasteiger partial charge in [-0.1, -0.05) is 24.6 Å². The Bertz CT molecular complexity index is 526. The van der Waals surface area contributed by atoms with E-state index in [1.54, 1.807) is 0 Å². The van der Waals surface area contributed by atoms with Gasteiger partial charge in [-0.15, -0.1) is 5.10 Å². The van der Waals surface area contributed by atoms with Crippen LogP contribution < -0.4 is 0 Å². The zero-order valence-electron chi connectivity index (χ0n) is 11.1. The molecular formula is C14H19N3O. The van der Waals surface area contributed by atoms with Crippen molar-refractivity contribution in [3.05, 3.63) is 40.7 Å². The van der Waals surface area contributed by atoms with E-state index < -0.39 is 0 Å². The van der Waals surface area contributed by atoms with Gasteiger partial charge >= 0.3 is 0 Å². The van der Waals surface area contributed by atoms with Gasteiger partial charge < -0.3 is 5.11 Å². The SMILES string of the molecule is CCCc1c(CO)nnn1-c1cc(C)cc(C)c1. The molecule has 0 fully saturated rings. The fraction of sp³-hybridized carbons (Fsp3) is 0.429. The molecule has 1 aromatic carbocycles. The second kappa shape index (κ2) is 5.31. The number of hydrogen-bond donors (Lipinski definition) is 1. The molecule has 18 heavy (non-hydrogen) atoms. The fourth-order valence-electron chi connectivity index (χ4n) is 2.22. The molecule has 2 aromatic rings. The number of rotatable bonds is 4. The topological polar surface area (TPSA) is 50.9 Å². The lowest BCUT2D eigenvalue weighted by molar-refractivity contribution is 0.275. The predicted octanol–water partition coefficient (Wildman–Crippen LogP) is 2.33. The number of aliphatic hydroxyl groups excluding tert-OH is 1. The second-order valence-corrected chi connectivity index (χ2v) is 4.65. The maximum atomic E-state index is 9.30. The van der Waals surface area contributed by atoms with E-state index in [0.717, 1.165) is 24.2 Å². The van der Waals surface area contributed by atoms with E-state index in [4.69, 9.17) is 0 Å². The summed E-state index contributed by atoms with van der Waals surface area (Å²) in [6, 6.07) is 6.30. The molecule has 0 spiro atoms. The minimum Gasteiger partial charge on any atom is -0.390 e. The Hall–Kier alpha value is -1.68. The molecule has 4 nitrogen and oxygen atoms in total. The Kier molecular flexibility index (Phi) is 3.77. The normalized spacial score (nSPS) is 10.9. The van der Waals surface area contributed by atoms with Crippen LogP contribution in [0.25, 0.3) is 5.69 Å². The highest BCUT2D eigenvalue weighted by atomic mass is 16.3. The minimum absolute atomic E-state index is 0.0554. The largest absolute Gasteiger partial charge is 0.390 e. The first kappa shape index (κ1) is 12.8. The van der Waals surface area contributed by atoms with E-state index in [1.807, 2.05) is 4.68 Å². The highest BCUT2D eigenvalue weighted by Crippen LogP contribution is 2.17. The molecule has 0 aliphatic heterocycles. The molecule has 1 heterocycles. The van der Waals surface area contributed by atoms with Crippen molar-refractivity contribution in [1.82, 2.24) is 15.0 Å². The van der Waals surface area contributed by atoms with Gasteiger partial charge in [-0.3, -0.25) is 0 Å². The third kappa shape index (κ3) is 2.43. The van der Waals surface area contributed by atoms with Crippen molar-refractivity contribution in [2.75, 3.05) is 0 Å².